The fraction of sp³-hybridized carbons (Fsp3) is 0.318. The molecule has 1 amide bonds. The molecule has 178 valence electrons. The molecule has 1 atom stereocenters. The number of esters is 1. The minimum Gasteiger partial charge on any atom is -0.456 e. The van der Waals surface area contributed by atoms with Crippen LogP contribution in [0.25, 0.3) is 0 Å². The number of rotatable bonds is 10. The van der Waals surface area contributed by atoms with Crippen molar-refractivity contribution in [3.8, 4) is 0 Å². The van der Waals surface area contributed by atoms with Gasteiger partial charge in [-0.05, 0) is 36.4 Å². The van der Waals surface area contributed by atoms with E-state index in [2.05, 4.69) is 10.0 Å². The number of carbonyl (C=O) groups excluding carboxylic acids is 3. The standard InChI is InChI=1S/C22H25FN2O6S2/c1-13(2)21(25-33(29,30)20-8-6-5-7-16(20)23)22(28)31-12-18(27)15-9-10-19(32-4)17(11-15)24-14(3)26/h5-11,13,21,25H,12H2,1-4H3,(H,24,26)/t21-/m0/s1. The molecular weight excluding hydrogens is 471 g/mol. The molecule has 0 saturated heterocycles. The van der Waals surface area contributed by atoms with Crippen molar-refractivity contribution in [1.29, 1.82) is 0 Å². The second kappa shape index (κ2) is 11.4. The minimum absolute atomic E-state index is 0.206. The average molecular weight is 497 g/mol. The van der Waals surface area contributed by atoms with Gasteiger partial charge in [0.05, 0.1) is 5.69 Å². The third kappa shape index (κ3) is 7.11. The summed E-state index contributed by atoms with van der Waals surface area (Å²) in [7, 11) is -4.35. The summed E-state index contributed by atoms with van der Waals surface area (Å²) >= 11 is 1.38. The number of carbonyl (C=O) groups is 3. The van der Waals surface area contributed by atoms with Gasteiger partial charge in [0.25, 0.3) is 0 Å². The van der Waals surface area contributed by atoms with Gasteiger partial charge in [0.1, 0.15) is 16.8 Å². The fourth-order valence-electron chi connectivity index (χ4n) is 2.83. The average Bonchev–Trinajstić information content (AvgIpc) is 2.75. The van der Waals surface area contributed by atoms with Crippen molar-refractivity contribution >= 4 is 45.1 Å². The van der Waals surface area contributed by atoms with Gasteiger partial charge in [-0.15, -0.1) is 11.8 Å². The molecular formula is C22H25FN2O6S2. The number of hydrogen-bond donors (Lipinski definition) is 2. The first-order valence-electron chi connectivity index (χ1n) is 9.88. The van der Waals surface area contributed by atoms with Crippen molar-refractivity contribution in [2.75, 3.05) is 18.2 Å². The Kier molecular flexibility index (Phi) is 9.15. The number of nitrogens with one attached hydrogen (secondary N) is 2. The Morgan fingerprint density at radius 1 is 1.12 bits per heavy atom. The van der Waals surface area contributed by atoms with Gasteiger partial charge in [0.2, 0.25) is 15.9 Å². The quantitative estimate of drug-likeness (QED) is 0.294. The van der Waals surface area contributed by atoms with Gasteiger partial charge in [-0.2, -0.15) is 4.72 Å². The summed E-state index contributed by atoms with van der Waals surface area (Å²) in [5.74, 6) is -3.31. The highest BCUT2D eigenvalue weighted by atomic mass is 32.2. The van der Waals surface area contributed by atoms with Crippen LogP contribution in [0.2, 0.25) is 0 Å². The van der Waals surface area contributed by atoms with Crippen molar-refractivity contribution in [3.63, 3.8) is 0 Å². The number of ether oxygens (including phenoxy) is 1. The lowest BCUT2D eigenvalue weighted by Crippen LogP contribution is -2.45. The van der Waals surface area contributed by atoms with Gasteiger partial charge in [0, 0.05) is 17.4 Å². The van der Waals surface area contributed by atoms with Gasteiger partial charge in [-0.1, -0.05) is 32.0 Å². The van der Waals surface area contributed by atoms with Gasteiger partial charge >= 0.3 is 5.97 Å². The van der Waals surface area contributed by atoms with Crippen LogP contribution in [-0.2, 0) is 24.3 Å². The number of thioether (sulfide) groups is 1. The van der Waals surface area contributed by atoms with E-state index in [0.29, 0.717) is 5.69 Å². The highest BCUT2D eigenvalue weighted by Crippen LogP contribution is 2.27. The van der Waals surface area contributed by atoms with Crippen molar-refractivity contribution < 1.29 is 31.9 Å². The minimum atomic E-state index is -4.35. The number of halogens is 1. The second-order valence-corrected chi connectivity index (χ2v) is 9.93. The van der Waals surface area contributed by atoms with Crippen molar-refractivity contribution in [2.24, 2.45) is 5.92 Å². The van der Waals surface area contributed by atoms with E-state index in [-0.39, 0.29) is 11.5 Å². The maximum atomic E-state index is 13.9. The first-order valence-corrected chi connectivity index (χ1v) is 12.6. The first-order chi connectivity index (χ1) is 15.5. The summed E-state index contributed by atoms with van der Waals surface area (Å²) < 4.78 is 46.3. The fourth-order valence-corrected chi connectivity index (χ4v) is 4.77. The molecule has 33 heavy (non-hydrogen) atoms. The molecule has 0 unspecified atom stereocenters. The van der Waals surface area contributed by atoms with Gasteiger partial charge in [-0.3, -0.25) is 14.4 Å². The van der Waals surface area contributed by atoms with E-state index in [9.17, 15) is 27.2 Å². The second-order valence-electron chi connectivity index (χ2n) is 7.40. The zero-order valence-electron chi connectivity index (χ0n) is 18.5. The van der Waals surface area contributed by atoms with E-state index in [0.717, 1.165) is 17.0 Å². The number of benzene rings is 2. The van der Waals surface area contributed by atoms with Crippen LogP contribution >= 0.6 is 11.8 Å². The van der Waals surface area contributed by atoms with Gasteiger partial charge in [0.15, 0.2) is 12.4 Å². The highest BCUT2D eigenvalue weighted by Gasteiger charge is 2.31. The predicted octanol–water partition coefficient (Wildman–Crippen LogP) is 3.24. The lowest BCUT2D eigenvalue weighted by molar-refractivity contribution is -0.145. The van der Waals surface area contributed by atoms with E-state index in [1.807, 2.05) is 6.26 Å². The monoisotopic (exact) mass is 496 g/mol. The summed E-state index contributed by atoms with van der Waals surface area (Å²) in [4.78, 5) is 36.7. The Labute approximate surface area is 196 Å². The molecule has 0 bridgehead atoms. The van der Waals surface area contributed by atoms with Gasteiger partial charge < -0.3 is 10.1 Å². The van der Waals surface area contributed by atoms with Crippen molar-refractivity contribution in [1.82, 2.24) is 4.72 Å². The van der Waals surface area contributed by atoms with E-state index >= 15 is 0 Å². The normalized spacial score (nSPS) is 12.3. The largest absolute Gasteiger partial charge is 0.456 e. The molecule has 0 aliphatic carbocycles. The van der Waals surface area contributed by atoms with Crippen LogP contribution in [0.3, 0.4) is 0 Å². The van der Waals surface area contributed by atoms with Crippen molar-refractivity contribution in [3.05, 3.63) is 53.8 Å². The van der Waals surface area contributed by atoms with Crippen LogP contribution in [-0.4, -0.2) is 45.0 Å². The predicted molar refractivity (Wildman–Crippen MR) is 123 cm³/mol. The molecule has 0 aromatic heterocycles. The molecule has 8 nitrogen and oxygen atoms in total. The number of sulfonamides is 1. The molecule has 0 heterocycles. The summed E-state index contributed by atoms with van der Waals surface area (Å²) in [5.41, 5.74) is 0.655. The Bertz CT molecular complexity index is 1150. The van der Waals surface area contributed by atoms with Crippen molar-refractivity contribution in [2.45, 2.75) is 36.6 Å². The zero-order chi connectivity index (χ0) is 24.8. The zero-order valence-corrected chi connectivity index (χ0v) is 20.2. The summed E-state index contributed by atoms with van der Waals surface area (Å²) in [6.45, 7) is 3.87. The lowest BCUT2D eigenvalue weighted by Gasteiger charge is -2.21. The van der Waals surface area contributed by atoms with E-state index in [1.54, 1.807) is 19.9 Å². The molecule has 0 saturated carbocycles. The molecule has 2 aromatic carbocycles. The molecule has 0 spiro atoms. The smallest absolute Gasteiger partial charge is 0.324 e. The SMILES string of the molecule is CSc1ccc(C(=O)COC(=O)[C@@H](NS(=O)(=O)c2ccccc2F)C(C)C)cc1NC(C)=O. The van der Waals surface area contributed by atoms with Crippen LogP contribution in [0.1, 0.15) is 31.1 Å². The molecule has 2 rings (SSSR count). The van der Waals surface area contributed by atoms with E-state index < -0.39 is 51.1 Å². The molecule has 2 N–H and O–H groups in total. The third-order valence-corrected chi connectivity index (χ3v) is 6.78. The number of ketones is 1. The van der Waals surface area contributed by atoms with Crippen LogP contribution in [0, 0.1) is 11.7 Å². The molecule has 0 aliphatic rings. The van der Waals surface area contributed by atoms with E-state index in [1.165, 1.54) is 43.0 Å². The molecule has 0 fully saturated rings. The van der Waals surface area contributed by atoms with Crippen LogP contribution in [0.5, 0.6) is 0 Å². The number of anilines is 1. The summed E-state index contributed by atoms with van der Waals surface area (Å²) in [6.07, 6.45) is 1.82. The highest BCUT2D eigenvalue weighted by molar-refractivity contribution is 7.98. The number of Topliss-reactive ketones (excluding diaryl/α,β-unsaturated/α-hetero) is 1. The van der Waals surface area contributed by atoms with Crippen LogP contribution in [0.15, 0.2) is 52.3 Å². The van der Waals surface area contributed by atoms with Crippen LogP contribution in [0.4, 0.5) is 10.1 Å². The Morgan fingerprint density at radius 3 is 2.36 bits per heavy atom. The van der Waals surface area contributed by atoms with Crippen LogP contribution < -0.4 is 10.0 Å². The summed E-state index contributed by atoms with van der Waals surface area (Å²) in [6, 6.07) is 8.11. The first kappa shape index (κ1) is 26.5. The Morgan fingerprint density at radius 2 is 1.79 bits per heavy atom. The van der Waals surface area contributed by atoms with E-state index in [4.69, 9.17) is 4.74 Å². The molecule has 0 radical (unpaired) electrons. The molecule has 2 aromatic rings. The Balaban J connectivity index is 2.13. The maximum Gasteiger partial charge on any atom is 0.324 e. The number of hydrogen-bond acceptors (Lipinski definition) is 7. The Hall–Kier alpha value is -2.76. The van der Waals surface area contributed by atoms with Gasteiger partial charge in [-0.25, -0.2) is 12.8 Å². The lowest BCUT2D eigenvalue weighted by atomic mass is 10.1. The third-order valence-electron chi connectivity index (χ3n) is 4.51. The number of amides is 1. The molecule has 0 aliphatic heterocycles. The summed E-state index contributed by atoms with van der Waals surface area (Å²) in [5, 5.41) is 2.64. The molecule has 11 heteroatoms. The maximum absolute atomic E-state index is 13.9. The topological polar surface area (TPSA) is 119 Å².